The molecule has 3 aromatic rings. The highest BCUT2D eigenvalue weighted by atomic mass is 35.5. The summed E-state index contributed by atoms with van der Waals surface area (Å²) in [7, 11) is 0. The fourth-order valence-electron chi connectivity index (χ4n) is 6.09. The van der Waals surface area contributed by atoms with Crippen molar-refractivity contribution < 1.29 is 28.3 Å². The molecular formula is C33H28ClF2N3O4. The van der Waals surface area contributed by atoms with E-state index in [0.717, 1.165) is 12.1 Å². The van der Waals surface area contributed by atoms with Crippen LogP contribution in [0.2, 0.25) is 5.02 Å². The Morgan fingerprint density at radius 2 is 1.86 bits per heavy atom. The summed E-state index contributed by atoms with van der Waals surface area (Å²) in [6.07, 6.45) is 6.10. The summed E-state index contributed by atoms with van der Waals surface area (Å²) < 4.78 is 29.3. The van der Waals surface area contributed by atoms with Gasteiger partial charge in [-0.05, 0) is 72.4 Å². The van der Waals surface area contributed by atoms with Crippen molar-refractivity contribution in [3.8, 4) is 11.1 Å². The lowest BCUT2D eigenvalue weighted by Crippen LogP contribution is -2.38. The van der Waals surface area contributed by atoms with Crippen molar-refractivity contribution in [1.29, 1.82) is 0 Å². The molecule has 2 aromatic carbocycles. The summed E-state index contributed by atoms with van der Waals surface area (Å²) in [6, 6.07) is 8.88. The van der Waals surface area contributed by atoms with Gasteiger partial charge >= 0.3 is 0 Å². The number of hydrogen-bond acceptors (Lipinski definition) is 5. The highest BCUT2D eigenvalue weighted by Crippen LogP contribution is 2.39. The molecule has 2 bridgehead atoms. The van der Waals surface area contributed by atoms with Crippen LogP contribution in [0.3, 0.4) is 0 Å². The van der Waals surface area contributed by atoms with E-state index in [4.69, 9.17) is 11.6 Å². The van der Waals surface area contributed by atoms with Crippen LogP contribution < -0.4 is 5.32 Å². The molecule has 0 radical (unpaired) electrons. The van der Waals surface area contributed by atoms with Crippen LogP contribution >= 0.6 is 11.6 Å². The van der Waals surface area contributed by atoms with Crippen LogP contribution in [0.1, 0.15) is 61.0 Å². The number of pyridine rings is 1. The lowest BCUT2D eigenvalue weighted by atomic mass is 9.89. The Morgan fingerprint density at radius 1 is 1.05 bits per heavy atom. The highest BCUT2D eigenvalue weighted by molar-refractivity contribution is 6.31. The van der Waals surface area contributed by atoms with Crippen LogP contribution in [0.5, 0.6) is 0 Å². The van der Waals surface area contributed by atoms with Gasteiger partial charge in [-0.25, -0.2) is 8.78 Å². The van der Waals surface area contributed by atoms with Crippen LogP contribution in [0.15, 0.2) is 54.7 Å². The Hall–Kier alpha value is -4.37. The summed E-state index contributed by atoms with van der Waals surface area (Å²) in [6.45, 7) is 2.04. The number of hydrogen-bond donors (Lipinski definition) is 2. The van der Waals surface area contributed by atoms with Crippen molar-refractivity contribution >= 4 is 46.2 Å². The molecule has 6 rings (SSSR count). The van der Waals surface area contributed by atoms with E-state index in [9.17, 15) is 28.3 Å². The summed E-state index contributed by atoms with van der Waals surface area (Å²) in [5.41, 5.74) is 3.55. The molecule has 2 N–H and O–H groups in total. The average molecular weight is 604 g/mol. The Kier molecular flexibility index (Phi) is 7.60. The maximum absolute atomic E-state index is 14.7. The maximum Gasteiger partial charge on any atom is 0.247 e. The molecule has 0 fully saturated rings. The maximum atomic E-state index is 14.7. The first kappa shape index (κ1) is 28.7. The molecule has 1 aromatic heterocycles. The molecule has 7 nitrogen and oxygen atoms in total. The summed E-state index contributed by atoms with van der Waals surface area (Å²) >= 11 is 5.90. The van der Waals surface area contributed by atoms with Crippen LogP contribution in [-0.4, -0.2) is 39.1 Å². The lowest BCUT2D eigenvalue weighted by molar-refractivity contribution is -0.129. The number of allylic oxidation sites excluding steroid dienone is 1. The SMILES string of the molecule is C[C@@H]1CCC[C@H](N2CCC(c3c(F)ccc(Cl)c3F)=CC2=O)c2cc(ccn2)-c2cc3c(cc2NC1=O)CC(=O)C=C3O. The van der Waals surface area contributed by atoms with Gasteiger partial charge in [-0.15, -0.1) is 0 Å². The number of ketones is 1. The molecule has 1 aliphatic carbocycles. The number of aliphatic hydroxyl groups is 1. The first-order chi connectivity index (χ1) is 20.6. The van der Waals surface area contributed by atoms with Gasteiger partial charge in [0.15, 0.2) is 11.6 Å². The van der Waals surface area contributed by atoms with Gasteiger partial charge in [0.2, 0.25) is 11.8 Å². The molecule has 0 unspecified atom stereocenters. The minimum Gasteiger partial charge on any atom is -0.507 e. The van der Waals surface area contributed by atoms with Crippen LogP contribution in [0, 0.1) is 17.6 Å². The summed E-state index contributed by atoms with van der Waals surface area (Å²) in [4.78, 5) is 45.1. The molecule has 2 aliphatic heterocycles. The van der Waals surface area contributed by atoms with E-state index in [0.29, 0.717) is 52.9 Å². The second-order valence-electron chi connectivity index (χ2n) is 11.2. The molecule has 0 saturated carbocycles. The van der Waals surface area contributed by atoms with Gasteiger partial charge < -0.3 is 15.3 Å². The molecule has 2 atom stereocenters. The Labute approximate surface area is 251 Å². The number of amides is 2. The first-order valence-electron chi connectivity index (χ1n) is 14.1. The van der Waals surface area contributed by atoms with E-state index in [1.54, 1.807) is 29.3 Å². The van der Waals surface area contributed by atoms with Crippen molar-refractivity contribution in [2.24, 2.45) is 5.92 Å². The fourth-order valence-corrected chi connectivity index (χ4v) is 6.25. The molecular weight excluding hydrogens is 576 g/mol. The van der Waals surface area contributed by atoms with Crippen molar-refractivity contribution in [2.45, 2.75) is 45.1 Å². The standard InChI is InChI=1S/C33H28ClF2N3O4/c1-17-3-2-4-28(39-10-8-19(14-30(39)42)31-25(35)6-5-24(34)32(31)36)27-12-18(7-9-37-27)22-16-23-20(11-21(40)15-29(23)41)13-26(22)38-33(17)43/h5-7,9,12-17,28,41H,2-4,8,10-11H2,1H3,(H,38,43)/t17-,28+/m1/s1. The second-order valence-corrected chi connectivity index (χ2v) is 11.6. The zero-order valence-electron chi connectivity index (χ0n) is 23.3. The third-order valence-corrected chi connectivity index (χ3v) is 8.67. The van der Waals surface area contributed by atoms with Crippen LogP contribution in [-0.2, 0) is 20.8 Å². The number of nitrogens with zero attached hydrogens (tertiary/aromatic N) is 2. The van der Waals surface area contributed by atoms with Gasteiger partial charge in [0.25, 0.3) is 0 Å². The quantitative estimate of drug-likeness (QED) is 0.313. The Balaban J connectivity index is 1.41. The number of anilines is 1. The van der Waals surface area contributed by atoms with E-state index in [1.807, 2.05) is 13.0 Å². The zero-order chi connectivity index (χ0) is 30.4. The number of aromatic nitrogens is 1. The van der Waals surface area contributed by atoms with Crippen LogP contribution in [0.25, 0.3) is 22.5 Å². The minimum absolute atomic E-state index is 0.108. The van der Waals surface area contributed by atoms with Crippen molar-refractivity contribution in [3.63, 3.8) is 0 Å². The van der Waals surface area contributed by atoms with Gasteiger partial charge in [-0.3, -0.25) is 19.4 Å². The molecule has 0 saturated heterocycles. The number of carbonyl (C=O) groups is 3. The third-order valence-electron chi connectivity index (χ3n) is 8.38. The molecule has 3 aliphatic rings. The largest absolute Gasteiger partial charge is 0.507 e. The summed E-state index contributed by atoms with van der Waals surface area (Å²) in [5.74, 6) is -2.97. The van der Waals surface area contributed by atoms with Gasteiger partial charge in [0.05, 0.1) is 22.3 Å². The number of aliphatic hydroxyl groups excluding tert-OH is 1. The fraction of sp³-hybridized carbons (Fsp3) is 0.273. The van der Waals surface area contributed by atoms with Crippen LogP contribution in [0.4, 0.5) is 14.5 Å². The Morgan fingerprint density at radius 3 is 2.65 bits per heavy atom. The van der Waals surface area contributed by atoms with Crippen molar-refractivity contribution in [3.05, 3.63) is 93.8 Å². The van der Waals surface area contributed by atoms with E-state index in [-0.39, 0.29) is 58.9 Å². The predicted molar refractivity (Wildman–Crippen MR) is 159 cm³/mol. The minimum atomic E-state index is -0.895. The highest BCUT2D eigenvalue weighted by Gasteiger charge is 2.32. The van der Waals surface area contributed by atoms with E-state index in [2.05, 4.69) is 10.3 Å². The van der Waals surface area contributed by atoms with Gasteiger partial charge in [0, 0.05) is 54.0 Å². The zero-order valence-corrected chi connectivity index (χ0v) is 24.0. The molecule has 2 amide bonds. The predicted octanol–water partition coefficient (Wildman–Crippen LogP) is 6.82. The first-order valence-corrected chi connectivity index (χ1v) is 14.5. The smallest absolute Gasteiger partial charge is 0.247 e. The topological polar surface area (TPSA) is 99.6 Å². The van der Waals surface area contributed by atoms with Gasteiger partial charge in [-0.1, -0.05) is 24.9 Å². The number of benzene rings is 2. The molecule has 220 valence electrons. The van der Waals surface area contributed by atoms with Crippen molar-refractivity contribution in [2.75, 3.05) is 11.9 Å². The third kappa shape index (κ3) is 5.45. The number of fused-ring (bicyclic) bond motifs is 5. The molecule has 43 heavy (non-hydrogen) atoms. The number of carbonyl (C=O) groups excluding carboxylic acids is 3. The van der Waals surface area contributed by atoms with E-state index in [1.165, 1.54) is 12.2 Å². The molecule has 0 spiro atoms. The number of nitrogens with one attached hydrogen (secondary N) is 1. The normalized spacial score (nSPS) is 20.7. The molecule has 10 heteroatoms. The van der Waals surface area contributed by atoms with Crippen molar-refractivity contribution in [1.82, 2.24) is 9.88 Å². The van der Waals surface area contributed by atoms with Gasteiger partial charge in [0.1, 0.15) is 11.6 Å². The van der Waals surface area contributed by atoms with E-state index >= 15 is 0 Å². The average Bonchev–Trinajstić information content (AvgIpc) is 2.97. The number of halogens is 3. The van der Waals surface area contributed by atoms with E-state index < -0.39 is 23.6 Å². The number of rotatable bonds is 2. The Bertz CT molecular complexity index is 1750. The second kappa shape index (κ2) is 11.4. The monoisotopic (exact) mass is 603 g/mol. The summed E-state index contributed by atoms with van der Waals surface area (Å²) in [5, 5.41) is 13.3. The molecule has 3 heterocycles. The lowest BCUT2D eigenvalue weighted by Gasteiger charge is -2.34. The van der Waals surface area contributed by atoms with Gasteiger partial charge in [-0.2, -0.15) is 0 Å².